The smallest absolute Gasteiger partial charge is 0.0759 e. The van der Waals surface area contributed by atoms with Crippen molar-refractivity contribution in [3.8, 4) is 0 Å². The van der Waals surface area contributed by atoms with Crippen LogP contribution in [0.5, 0.6) is 0 Å². The molecule has 2 nitrogen and oxygen atoms in total. The van der Waals surface area contributed by atoms with Crippen LogP contribution >= 0.6 is 12.6 Å². The molecule has 2 N–H and O–H groups in total. The second kappa shape index (κ2) is 2.90. The van der Waals surface area contributed by atoms with Gasteiger partial charge in [0, 0.05) is 5.75 Å². The van der Waals surface area contributed by atoms with Gasteiger partial charge in [-0.3, -0.25) is 0 Å². The maximum Gasteiger partial charge on any atom is 0.0759 e. The third-order valence-corrected chi connectivity index (χ3v) is 2.42. The van der Waals surface area contributed by atoms with Crippen LogP contribution in [0.4, 0.5) is 0 Å². The van der Waals surface area contributed by atoms with Crippen LogP contribution in [-0.2, 0) is 0 Å². The van der Waals surface area contributed by atoms with Crippen molar-refractivity contribution in [3.05, 3.63) is 0 Å². The van der Waals surface area contributed by atoms with Crippen molar-refractivity contribution < 1.29 is 5.11 Å². The first-order valence-electron chi connectivity index (χ1n) is 3.31. The molecule has 0 aromatic heterocycles. The van der Waals surface area contributed by atoms with Gasteiger partial charge in [-0.15, -0.1) is 0 Å². The molecular weight excluding hydrogens is 134 g/mol. The molecule has 3 heteroatoms. The second-order valence-corrected chi connectivity index (χ2v) is 2.95. The Labute approximate surface area is 61.1 Å². The molecule has 54 valence electrons. The molecule has 0 aromatic carbocycles. The van der Waals surface area contributed by atoms with Gasteiger partial charge in [-0.1, -0.05) is 0 Å². The van der Waals surface area contributed by atoms with Crippen LogP contribution in [0.2, 0.25) is 0 Å². The van der Waals surface area contributed by atoms with E-state index in [2.05, 4.69) is 17.9 Å². The summed E-state index contributed by atoms with van der Waals surface area (Å²) in [6, 6.07) is 0. The van der Waals surface area contributed by atoms with Crippen molar-refractivity contribution in [1.82, 2.24) is 5.32 Å². The van der Waals surface area contributed by atoms with E-state index in [0.717, 1.165) is 25.9 Å². The zero-order valence-electron chi connectivity index (χ0n) is 5.43. The van der Waals surface area contributed by atoms with Crippen molar-refractivity contribution in [3.63, 3.8) is 0 Å². The maximum absolute atomic E-state index is 9.56. The summed E-state index contributed by atoms with van der Waals surface area (Å²) >= 11 is 4.07. The minimum atomic E-state index is -0.478. The molecule has 0 atom stereocenters. The van der Waals surface area contributed by atoms with Gasteiger partial charge in [0.2, 0.25) is 0 Å². The van der Waals surface area contributed by atoms with Gasteiger partial charge in [-0.05, 0) is 25.9 Å². The molecule has 0 unspecified atom stereocenters. The quantitative estimate of drug-likeness (QED) is 0.457. The molecule has 1 saturated heterocycles. The largest absolute Gasteiger partial charge is 0.389 e. The summed E-state index contributed by atoms with van der Waals surface area (Å²) < 4.78 is 0. The molecule has 0 spiro atoms. The highest BCUT2D eigenvalue weighted by molar-refractivity contribution is 7.80. The summed E-state index contributed by atoms with van der Waals surface area (Å²) in [5, 5.41) is 12.7. The highest BCUT2D eigenvalue weighted by atomic mass is 32.1. The van der Waals surface area contributed by atoms with E-state index >= 15 is 0 Å². The summed E-state index contributed by atoms with van der Waals surface area (Å²) in [5.41, 5.74) is -0.478. The van der Waals surface area contributed by atoms with Gasteiger partial charge in [0.25, 0.3) is 0 Å². The summed E-state index contributed by atoms with van der Waals surface area (Å²) in [5.74, 6) is 0.592. The van der Waals surface area contributed by atoms with Crippen LogP contribution < -0.4 is 5.32 Å². The molecule has 1 aliphatic heterocycles. The topological polar surface area (TPSA) is 32.3 Å². The molecule has 1 heterocycles. The fourth-order valence-corrected chi connectivity index (χ4v) is 1.37. The SMILES string of the molecule is OC1(CS)CCNCC1. The van der Waals surface area contributed by atoms with Gasteiger partial charge in [-0.25, -0.2) is 0 Å². The van der Waals surface area contributed by atoms with E-state index in [9.17, 15) is 5.11 Å². The van der Waals surface area contributed by atoms with Gasteiger partial charge in [0.15, 0.2) is 0 Å². The fourth-order valence-electron chi connectivity index (χ4n) is 1.05. The minimum Gasteiger partial charge on any atom is -0.389 e. The van der Waals surface area contributed by atoms with Gasteiger partial charge in [0.05, 0.1) is 5.60 Å². The van der Waals surface area contributed by atoms with Crippen molar-refractivity contribution >= 4 is 12.6 Å². The summed E-state index contributed by atoms with van der Waals surface area (Å²) in [6.45, 7) is 1.86. The lowest BCUT2D eigenvalue weighted by Crippen LogP contribution is -2.43. The van der Waals surface area contributed by atoms with E-state index in [1.165, 1.54) is 0 Å². The van der Waals surface area contributed by atoms with Crippen molar-refractivity contribution in [2.45, 2.75) is 18.4 Å². The average molecular weight is 147 g/mol. The van der Waals surface area contributed by atoms with Gasteiger partial charge in [0.1, 0.15) is 0 Å². The van der Waals surface area contributed by atoms with Crippen LogP contribution in [0.25, 0.3) is 0 Å². The highest BCUT2D eigenvalue weighted by Crippen LogP contribution is 2.18. The number of hydrogen-bond acceptors (Lipinski definition) is 3. The van der Waals surface area contributed by atoms with Gasteiger partial charge < -0.3 is 10.4 Å². The van der Waals surface area contributed by atoms with Gasteiger partial charge in [-0.2, -0.15) is 12.6 Å². The normalized spacial score (nSPS) is 26.0. The summed E-state index contributed by atoms with van der Waals surface area (Å²) in [4.78, 5) is 0. The zero-order chi connectivity index (χ0) is 6.74. The first-order chi connectivity index (χ1) is 4.27. The van der Waals surface area contributed by atoms with Crippen LogP contribution in [0.1, 0.15) is 12.8 Å². The fraction of sp³-hybridized carbons (Fsp3) is 1.00. The molecule has 1 rings (SSSR count). The average Bonchev–Trinajstić information content (AvgIpc) is 1.90. The first kappa shape index (κ1) is 7.38. The number of nitrogens with one attached hydrogen (secondary N) is 1. The van der Waals surface area contributed by atoms with E-state index in [1.54, 1.807) is 0 Å². The Kier molecular flexibility index (Phi) is 2.38. The Bertz CT molecular complexity index is 91.1. The first-order valence-corrected chi connectivity index (χ1v) is 3.94. The van der Waals surface area contributed by atoms with Crippen molar-refractivity contribution in [2.75, 3.05) is 18.8 Å². The molecule has 1 aliphatic rings. The maximum atomic E-state index is 9.56. The van der Waals surface area contributed by atoms with E-state index in [-0.39, 0.29) is 0 Å². The number of rotatable bonds is 1. The molecule has 0 aromatic rings. The second-order valence-electron chi connectivity index (χ2n) is 2.63. The van der Waals surface area contributed by atoms with E-state index in [1.807, 2.05) is 0 Å². The molecule has 0 bridgehead atoms. The lowest BCUT2D eigenvalue weighted by atomic mass is 9.95. The van der Waals surface area contributed by atoms with Crippen LogP contribution in [0.15, 0.2) is 0 Å². The summed E-state index contributed by atoms with van der Waals surface area (Å²) in [6.07, 6.45) is 1.69. The standard InChI is InChI=1S/C6H13NOS/c8-6(5-9)1-3-7-4-2-6/h7-9H,1-5H2. The zero-order valence-corrected chi connectivity index (χ0v) is 6.32. The van der Waals surface area contributed by atoms with E-state index in [0.29, 0.717) is 5.75 Å². The number of thiol groups is 1. The van der Waals surface area contributed by atoms with Crippen LogP contribution in [0, 0.1) is 0 Å². The number of hydrogen-bond donors (Lipinski definition) is 3. The van der Waals surface area contributed by atoms with E-state index < -0.39 is 5.60 Å². The molecule has 0 saturated carbocycles. The molecular formula is C6H13NOS. The molecule has 1 fully saturated rings. The number of aliphatic hydroxyl groups is 1. The van der Waals surface area contributed by atoms with Crippen LogP contribution in [-0.4, -0.2) is 29.5 Å². The Morgan fingerprint density at radius 1 is 1.44 bits per heavy atom. The Morgan fingerprint density at radius 2 is 2.00 bits per heavy atom. The van der Waals surface area contributed by atoms with Crippen molar-refractivity contribution in [2.24, 2.45) is 0 Å². The highest BCUT2D eigenvalue weighted by Gasteiger charge is 2.26. The Morgan fingerprint density at radius 3 is 2.33 bits per heavy atom. The lowest BCUT2D eigenvalue weighted by molar-refractivity contribution is 0.0343. The predicted octanol–water partition coefficient (Wildman–Crippen LogP) is 0.0307. The molecule has 9 heavy (non-hydrogen) atoms. The predicted molar refractivity (Wildman–Crippen MR) is 40.9 cm³/mol. The van der Waals surface area contributed by atoms with Crippen LogP contribution in [0.3, 0.4) is 0 Å². The van der Waals surface area contributed by atoms with Crippen molar-refractivity contribution in [1.29, 1.82) is 0 Å². The third-order valence-electron chi connectivity index (χ3n) is 1.83. The summed E-state index contributed by atoms with van der Waals surface area (Å²) in [7, 11) is 0. The van der Waals surface area contributed by atoms with E-state index in [4.69, 9.17) is 0 Å². The molecule has 0 radical (unpaired) electrons. The molecule has 0 amide bonds. The number of piperidine rings is 1. The van der Waals surface area contributed by atoms with Gasteiger partial charge >= 0.3 is 0 Å². The lowest BCUT2D eigenvalue weighted by Gasteiger charge is -2.30. The monoisotopic (exact) mass is 147 g/mol. The minimum absolute atomic E-state index is 0.478. The molecule has 0 aliphatic carbocycles. The Hall–Kier alpha value is 0.270. The third kappa shape index (κ3) is 1.85. The Balaban J connectivity index is 2.37.